The first-order valence-electron chi connectivity index (χ1n) is 6.78. The van der Waals surface area contributed by atoms with E-state index in [4.69, 9.17) is 16.3 Å². The Morgan fingerprint density at radius 2 is 2.09 bits per heavy atom. The van der Waals surface area contributed by atoms with Gasteiger partial charge >= 0.3 is 0 Å². The van der Waals surface area contributed by atoms with Crippen LogP contribution in [0.15, 0.2) is 18.2 Å². The van der Waals surface area contributed by atoms with Gasteiger partial charge in [-0.25, -0.2) is 8.42 Å². The van der Waals surface area contributed by atoms with Crippen LogP contribution in [0.5, 0.6) is 0 Å². The smallest absolute Gasteiger partial charge is 0.254 e. The second-order valence-corrected chi connectivity index (χ2v) is 8.06. The second kappa shape index (κ2) is 6.06. The van der Waals surface area contributed by atoms with Crippen molar-refractivity contribution in [1.29, 1.82) is 0 Å². The number of anilines is 1. The maximum atomic E-state index is 12.6. The van der Waals surface area contributed by atoms with Gasteiger partial charge in [-0.1, -0.05) is 11.6 Å². The standard InChI is InChI=1S/C14H19ClN2O4S/c1-14(2)9-17(6-7-21-14)13(18)10-4-5-11(15)12(8-10)16-22(3,19)20/h4-5,8,16H,6-7,9H2,1-3H3. The van der Waals surface area contributed by atoms with E-state index in [0.717, 1.165) is 6.26 Å². The van der Waals surface area contributed by atoms with Crippen LogP contribution >= 0.6 is 11.6 Å². The molecule has 6 nitrogen and oxygen atoms in total. The van der Waals surface area contributed by atoms with Crippen molar-refractivity contribution in [3.63, 3.8) is 0 Å². The van der Waals surface area contributed by atoms with Gasteiger partial charge in [0.2, 0.25) is 10.0 Å². The minimum atomic E-state index is -3.46. The fourth-order valence-corrected chi connectivity index (χ4v) is 3.10. The minimum absolute atomic E-state index is 0.176. The normalized spacial score (nSPS) is 18.1. The Hall–Kier alpha value is -1.31. The first-order valence-corrected chi connectivity index (χ1v) is 9.05. The zero-order chi connectivity index (χ0) is 16.5. The molecule has 122 valence electrons. The highest BCUT2D eigenvalue weighted by Gasteiger charge is 2.30. The first-order chi connectivity index (χ1) is 10.1. The first kappa shape index (κ1) is 17.1. The number of nitrogens with one attached hydrogen (secondary N) is 1. The third-order valence-electron chi connectivity index (χ3n) is 3.22. The van der Waals surface area contributed by atoms with E-state index in [9.17, 15) is 13.2 Å². The molecule has 8 heteroatoms. The van der Waals surface area contributed by atoms with Gasteiger partial charge < -0.3 is 9.64 Å². The van der Waals surface area contributed by atoms with Gasteiger partial charge in [0.1, 0.15) is 0 Å². The molecule has 0 radical (unpaired) electrons. The van der Waals surface area contributed by atoms with E-state index < -0.39 is 15.6 Å². The fraction of sp³-hybridized carbons (Fsp3) is 0.500. The van der Waals surface area contributed by atoms with Crippen LogP contribution in [0.4, 0.5) is 5.69 Å². The predicted octanol–water partition coefficient (Wildman–Crippen LogP) is 1.96. The van der Waals surface area contributed by atoms with E-state index in [2.05, 4.69) is 4.72 Å². The molecule has 0 bridgehead atoms. The van der Waals surface area contributed by atoms with Crippen LogP contribution in [0.25, 0.3) is 0 Å². The number of sulfonamides is 1. The monoisotopic (exact) mass is 346 g/mol. The quantitative estimate of drug-likeness (QED) is 0.907. The number of morpholine rings is 1. The molecule has 1 aliphatic rings. The lowest BCUT2D eigenvalue weighted by Crippen LogP contribution is -2.50. The summed E-state index contributed by atoms with van der Waals surface area (Å²) in [5.74, 6) is -0.176. The van der Waals surface area contributed by atoms with E-state index in [0.29, 0.717) is 25.3 Å². The summed E-state index contributed by atoms with van der Waals surface area (Å²) >= 11 is 5.97. The lowest BCUT2D eigenvalue weighted by Gasteiger charge is -2.38. The molecule has 1 amide bonds. The van der Waals surface area contributed by atoms with E-state index in [-0.39, 0.29) is 16.6 Å². The summed E-state index contributed by atoms with van der Waals surface area (Å²) in [5.41, 5.74) is 0.185. The molecule has 0 aliphatic carbocycles. The second-order valence-electron chi connectivity index (χ2n) is 5.90. The zero-order valence-electron chi connectivity index (χ0n) is 12.7. The molecule has 0 aromatic heterocycles. The zero-order valence-corrected chi connectivity index (χ0v) is 14.3. The number of halogens is 1. The van der Waals surface area contributed by atoms with Gasteiger partial charge in [-0.15, -0.1) is 0 Å². The Morgan fingerprint density at radius 1 is 1.41 bits per heavy atom. The Labute approximate surface area is 135 Å². The average molecular weight is 347 g/mol. The molecule has 0 spiro atoms. The van der Waals surface area contributed by atoms with Gasteiger partial charge in [-0.3, -0.25) is 9.52 Å². The van der Waals surface area contributed by atoms with E-state index in [1.165, 1.54) is 12.1 Å². The number of rotatable bonds is 3. The van der Waals surface area contributed by atoms with Crippen LogP contribution in [0, 0.1) is 0 Å². The highest BCUT2D eigenvalue weighted by molar-refractivity contribution is 7.92. The third kappa shape index (κ3) is 4.34. The number of benzene rings is 1. The van der Waals surface area contributed by atoms with Crippen molar-refractivity contribution >= 4 is 33.2 Å². The molecule has 1 aromatic carbocycles. The lowest BCUT2D eigenvalue weighted by molar-refractivity contribution is -0.0764. The summed E-state index contributed by atoms with van der Waals surface area (Å²) in [5, 5.41) is 0.240. The van der Waals surface area contributed by atoms with E-state index in [1.54, 1.807) is 11.0 Å². The highest BCUT2D eigenvalue weighted by Crippen LogP contribution is 2.25. The van der Waals surface area contributed by atoms with Crippen LogP contribution < -0.4 is 4.72 Å². The number of carbonyl (C=O) groups is 1. The maximum Gasteiger partial charge on any atom is 0.254 e. The molecule has 22 heavy (non-hydrogen) atoms. The van der Waals surface area contributed by atoms with Gasteiger partial charge in [0.15, 0.2) is 0 Å². The molecule has 1 aromatic rings. The number of ether oxygens (including phenoxy) is 1. The Balaban J connectivity index is 2.25. The summed E-state index contributed by atoms with van der Waals surface area (Å²) in [6.07, 6.45) is 1.03. The highest BCUT2D eigenvalue weighted by atomic mass is 35.5. The molecular weight excluding hydrogens is 328 g/mol. The summed E-state index contributed by atoms with van der Waals surface area (Å²) in [4.78, 5) is 14.3. The summed E-state index contributed by atoms with van der Waals surface area (Å²) in [7, 11) is -3.46. The third-order valence-corrected chi connectivity index (χ3v) is 4.14. The maximum absolute atomic E-state index is 12.6. The van der Waals surface area contributed by atoms with Crippen LogP contribution in [0.3, 0.4) is 0 Å². The van der Waals surface area contributed by atoms with Crippen molar-refractivity contribution in [2.24, 2.45) is 0 Å². The van der Waals surface area contributed by atoms with Gasteiger partial charge in [0.05, 0.1) is 29.2 Å². The number of hydrogen-bond acceptors (Lipinski definition) is 4. The molecule has 1 fully saturated rings. The van der Waals surface area contributed by atoms with Crippen molar-refractivity contribution in [3.8, 4) is 0 Å². The summed E-state index contributed by atoms with van der Waals surface area (Å²) < 4.78 is 30.6. The van der Waals surface area contributed by atoms with Crippen molar-refractivity contribution in [2.45, 2.75) is 19.4 Å². The van der Waals surface area contributed by atoms with Crippen molar-refractivity contribution in [1.82, 2.24) is 4.90 Å². The van der Waals surface area contributed by atoms with Crippen LogP contribution in [0.1, 0.15) is 24.2 Å². The SMILES string of the molecule is CC1(C)CN(C(=O)c2ccc(Cl)c(NS(C)(=O)=O)c2)CCO1. The summed E-state index contributed by atoms with van der Waals surface area (Å²) in [6, 6.07) is 4.54. The van der Waals surface area contributed by atoms with Crippen LogP contribution in [0.2, 0.25) is 5.02 Å². The van der Waals surface area contributed by atoms with Gasteiger partial charge in [0, 0.05) is 18.7 Å². The number of hydrogen-bond donors (Lipinski definition) is 1. The number of nitrogens with zero attached hydrogens (tertiary/aromatic N) is 1. The van der Waals surface area contributed by atoms with Crippen molar-refractivity contribution in [2.75, 3.05) is 30.7 Å². The van der Waals surface area contributed by atoms with Gasteiger partial charge in [-0.05, 0) is 32.0 Å². The molecular formula is C14H19ClN2O4S. The van der Waals surface area contributed by atoms with Gasteiger partial charge in [-0.2, -0.15) is 0 Å². The molecule has 0 saturated carbocycles. The number of amides is 1. The Bertz CT molecular complexity index is 688. The molecule has 1 N–H and O–H groups in total. The van der Waals surface area contributed by atoms with E-state index in [1.807, 2.05) is 13.8 Å². The van der Waals surface area contributed by atoms with Crippen LogP contribution in [-0.4, -0.2) is 50.8 Å². The largest absolute Gasteiger partial charge is 0.372 e. The molecule has 0 atom stereocenters. The molecule has 1 saturated heterocycles. The molecule has 1 aliphatic heterocycles. The van der Waals surface area contributed by atoms with Crippen LogP contribution in [-0.2, 0) is 14.8 Å². The lowest BCUT2D eigenvalue weighted by atomic mass is 10.1. The Morgan fingerprint density at radius 3 is 2.68 bits per heavy atom. The molecule has 2 rings (SSSR count). The fourth-order valence-electron chi connectivity index (χ4n) is 2.31. The summed E-state index contributed by atoms with van der Waals surface area (Å²) in [6.45, 7) is 5.29. The molecule has 0 unspecified atom stereocenters. The van der Waals surface area contributed by atoms with E-state index >= 15 is 0 Å². The van der Waals surface area contributed by atoms with Gasteiger partial charge in [0.25, 0.3) is 5.91 Å². The Kier molecular flexibility index (Phi) is 4.70. The van der Waals surface area contributed by atoms with Crippen molar-refractivity contribution in [3.05, 3.63) is 28.8 Å². The minimum Gasteiger partial charge on any atom is -0.372 e. The average Bonchev–Trinajstić information content (AvgIpc) is 2.38. The number of carbonyl (C=O) groups excluding carboxylic acids is 1. The van der Waals surface area contributed by atoms with Crippen molar-refractivity contribution < 1.29 is 17.9 Å². The molecule has 1 heterocycles. The topological polar surface area (TPSA) is 75.7 Å². The predicted molar refractivity (Wildman–Crippen MR) is 85.9 cm³/mol.